The Morgan fingerprint density at radius 2 is 1.78 bits per heavy atom. The van der Waals surface area contributed by atoms with Crippen molar-refractivity contribution in [2.75, 3.05) is 27.3 Å². The van der Waals surface area contributed by atoms with Gasteiger partial charge in [0, 0.05) is 18.7 Å². The molecule has 0 spiro atoms. The van der Waals surface area contributed by atoms with Gasteiger partial charge in [-0.3, -0.25) is 9.59 Å². The summed E-state index contributed by atoms with van der Waals surface area (Å²) in [6.07, 6.45) is 7.41. The molecular weight excluding hydrogens is 456 g/mol. The molecule has 0 unspecified atom stereocenters. The zero-order valence-electron chi connectivity index (χ0n) is 20.8. The molecule has 1 aliphatic carbocycles. The Bertz CT molecular complexity index is 1170. The Balaban J connectivity index is 1.45. The number of hydrogen-bond acceptors (Lipinski definition) is 5. The summed E-state index contributed by atoms with van der Waals surface area (Å²) in [5.74, 6) is 1.75. The van der Waals surface area contributed by atoms with Crippen molar-refractivity contribution < 1.29 is 23.5 Å². The van der Waals surface area contributed by atoms with Crippen LogP contribution in [-0.2, 0) is 22.6 Å². The maximum absolute atomic E-state index is 13.5. The second-order valence-corrected chi connectivity index (χ2v) is 8.78. The fraction of sp³-hybridized carbons (Fsp3) is 0.310. The van der Waals surface area contributed by atoms with Gasteiger partial charge in [0.05, 0.1) is 27.0 Å². The van der Waals surface area contributed by atoms with Gasteiger partial charge in [0.2, 0.25) is 11.8 Å². The quantitative estimate of drug-likeness (QED) is 0.349. The van der Waals surface area contributed by atoms with E-state index in [0.717, 1.165) is 24.0 Å². The van der Waals surface area contributed by atoms with E-state index in [4.69, 9.17) is 13.9 Å². The number of ether oxygens (including phenoxy) is 2. The molecule has 0 saturated heterocycles. The highest BCUT2D eigenvalue weighted by atomic mass is 16.5. The first-order chi connectivity index (χ1) is 17.6. The second-order valence-electron chi connectivity index (χ2n) is 8.78. The summed E-state index contributed by atoms with van der Waals surface area (Å²) in [6.45, 7) is 0.850. The van der Waals surface area contributed by atoms with Crippen LogP contribution in [0.3, 0.4) is 0 Å². The lowest BCUT2D eigenvalue weighted by Gasteiger charge is -2.27. The van der Waals surface area contributed by atoms with Crippen molar-refractivity contribution >= 4 is 17.9 Å². The zero-order chi connectivity index (χ0) is 25.3. The summed E-state index contributed by atoms with van der Waals surface area (Å²) in [5.41, 5.74) is 1.97. The molecule has 1 aliphatic rings. The summed E-state index contributed by atoms with van der Waals surface area (Å²) < 4.78 is 16.2. The number of methoxy groups -OCH3 is 2. The first-order valence-electron chi connectivity index (χ1n) is 12.1. The largest absolute Gasteiger partial charge is 0.493 e. The molecular formula is C29H32N2O5. The Morgan fingerprint density at radius 1 is 1.00 bits per heavy atom. The van der Waals surface area contributed by atoms with Crippen molar-refractivity contribution in [3.8, 4) is 11.5 Å². The van der Waals surface area contributed by atoms with E-state index < -0.39 is 0 Å². The van der Waals surface area contributed by atoms with Crippen molar-refractivity contribution in [1.29, 1.82) is 0 Å². The molecule has 0 aliphatic heterocycles. The topological polar surface area (TPSA) is 72.2 Å². The van der Waals surface area contributed by atoms with Gasteiger partial charge in [-0.1, -0.05) is 36.4 Å². The van der Waals surface area contributed by atoms with E-state index in [0.29, 0.717) is 36.8 Å². The molecule has 36 heavy (non-hydrogen) atoms. The maximum atomic E-state index is 13.5. The number of carbonyl (C=O) groups excluding carboxylic acids is 2. The molecule has 2 aromatic carbocycles. The van der Waals surface area contributed by atoms with Gasteiger partial charge in [-0.15, -0.1) is 0 Å². The first-order valence-corrected chi connectivity index (χ1v) is 12.1. The van der Waals surface area contributed by atoms with Crippen molar-refractivity contribution in [2.45, 2.75) is 31.8 Å². The van der Waals surface area contributed by atoms with Crippen molar-refractivity contribution in [2.24, 2.45) is 0 Å². The number of amides is 2. The van der Waals surface area contributed by atoms with E-state index in [1.807, 2.05) is 54.6 Å². The standard InChI is InChI=1S/C29H32N2O5/c1-34-26-14-10-23(19-27(26)35-2)16-17-30(20-25-9-6-18-36-25)29(33)21-31(24-12-13-24)28(32)15-11-22-7-4-3-5-8-22/h3-11,14-15,18-19,24H,12-13,16-17,20-21H2,1-2H3/b15-11+. The first kappa shape index (κ1) is 25.1. The molecule has 0 N–H and O–H groups in total. The van der Waals surface area contributed by atoms with Gasteiger partial charge in [-0.05, 0) is 60.7 Å². The van der Waals surface area contributed by atoms with Gasteiger partial charge in [-0.2, -0.15) is 0 Å². The molecule has 0 bridgehead atoms. The van der Waals surface area contributed by atoms with Crippen molar-refractivity contribution in [3.63, 3.8) is 0 Å². The third-order valence-electron chi connectivity index (χ3n) is 6.19. The summed E-state index contributed by atoms with van der Waals surface area (Å²) in [6, 6.07) is 19.2. The predicted octanol–water partition coefficient (Wildman–Crippen LogP) is 4.57. The Labute approximate surface area is 211 Å². The Morgan fingerprint density at radius 3 is 2.44 bits per heavy atom. The van der Waals surface area contributed by atoms with Crippen LogP contribution in [0, 0.1) is 0 Å². The number of furan rings is 1. The molecule has 7 heteroatoms. The van der Waals surface area contributed by atoms with Crippen LogP contribution in [0.5, 0.6) is 11.5 Å². The molecule has 2 amide bonds. The van der Waals surface area contributed by atoms with Crippen LogP contribution in [0.2, 0.25) is 0 Å². The van der Waals surface area contributed by atoms with Gasteiger partial charge in [0.1, 0.15) is 12.3 Å². The second kappa shape index (κ2) is 12.1. The Hall–Kier alpha value is -4.00. The molecule has 3 aromatic rings. The number of nitrogens with zero attached hydrogens (tertiary/aromatic N) is 2. The maximum Gasteiger partial charge on any atom is 0.247 e. The van der Waals surface area contributed by atoms with Gasteiger partial charge < -0.3 is 23.7 Å². The lowest BCUT2D eigenvalue weighted by atomic mass is 10.1. The summed E-state index contributed by atoms with van der Waals surface area (Å²) >= 11 is 0. The van der Waals surface area contributed by atoms with E-state index in [-0.39, 0.29) is 24.4 Å². The highest BCUT2D eigenvalue weighted by Gasteiger charge is 2.34. The molecule has 0 atom stereocenters. The van der Waals surface area contributed by atoms with E-state index in [9.17, 15) is 9.59 Å². The predicted molar refractivity (Wildman–Crippen MR) is 138 cm³/mol. The lowest BCUT2D eigenvalue weighted by molar-refractivity contribution is -0.139. The monoisotopic (exact) mass is 488 g/mol. The third-order valence-corrected chi connectivity index (χ3v) is 6.19. The molecule has 1 fully saturated rings. The van der Waals surface area contributed by atoms with E-state index in [1.54, 1.807) is 48.5 Å². The normalized spacial score (nSPS) is 12.9. The summed E-state index contributed by atoms with van der Waals surface area (Å²) in [5, 5.41) is 0. The van der Waals surface area contributed by atoms with Crippen molar-refractivity contribution in [1.82, 2.24) is 9.80 Å². The van der Waals surface area contributed by atoms with Crippen LogP contribution in [-0.4, -0.2) is 55.0 Å². The van der Waals surface area contributed by atoms with Crippen LogP contribution < -0.4 is 9.47 Å². The smallest absolute Gasteiger partial charge is 0.247 e. The van der Waals surface area contributed by atoms with Gasteiger partial charge in [0.15, 0.2) is 11.5 Å². The average molecular weight is 489 g/mol. The highest BCUT2D eigenvalue weighted by Crippen LogP contribution is 2.29. The van der Waals surface area contributed by atoms with E-state index >= 15 is 0 Å². The molecule has 7 nitrogen and oxygen atoms in total. The van der Waals surface area contributed by atoms with Crippen LogP contribution >= 0.6 is 0 Å². The Kier molecular flexibility index (Phi) is 8.44. The molecule has 0 radical (unpaired) electrons. The molecule has 1 aromatic heterocycles. The summed E-state index contributed by atoms with van der Waals surface area (Å²) in [4.78, 5) is 29.9. The van der Waals surface area contributed by atoms with E-state index in [2.05, 4.69) is 0 Å². The van der Waals surface area contributed by atoms with Gasteiger partial charge in [-0.25, -0.2) is 0 Å². The minimum absolute atomic E-state index is 0.0370. The number of benzene rings is 2. The number of rotatable bonds is 12. The van der Waals surface area contributed by atoms with Crippen LogP contribution in [0.1, 0.15) is 29.7 Å². The fourth-order valence-corrected chi connectivity index (χ4v) is 4.03. The summed E-state index contributed by atoms with van der Waals surface area (Å²) in [7, 11) is 3.20. The third kappa shape index (κ3) is 6.78. The fourth-order valence-electron chi connectivity index (χ4n) is 4.03. The lowest BCUT2D eigenvalue weighted by Crippen LogP contribution is -2.43. The van der Waals surface area contributed by atoms with E-state index in [1.165, 1.54) is 0 Å². The van der Waals surface area contributed by atoms with Crippen LogP contribution in [0.15, 0.2) is 77.4 Å². The molecule has 4 rings (SSSR count). The minimum Gasteiger partial charge on any atom is -0.493 e. The highest BCUT2D eigenvalue weighted by molar-refractivity contribution is 5.94. The molecule has 1 heterocycles. The molecule has 188 valence electrons. The van der Waals surface area contributed by atoms with Crippen LogP contribution in [0.25, 0.3) is 6.08 Å². The zero-order valence-corrected chi connectivity index (χ0v) is 20.8. The number of hydrogen-bond donors (Lipinski definition) is 0. The van der Waals surface area contributed by atoms with Crippen LogP contribution in [0.4, 0.5) is 0 Å². The average Bonchev–Trinajstić information content (AvgIpc) is 3.63. The number of carbonyl (C=O) groups is 2. The molecule has 1 saturated carbocycles. The van der Waals surface area contributed by atoms with Crippen molar-refractivity contribution in [3.05, 3.63) is 89.9 Å². The van der Waals surface area contributed by atoms with Gasteiger partial charge >= 0.3 is 0 Å². The minimum atomic E-state index is -0.146. The SMILES string of the molecule is COc1ccc(CCN(Cc2ccco2)C(=O)CN(C(=O)/C=C/c2ccccc2)C2CC2)cc1OC. The van der Waals surface area contributed by atoms with Gasteiger partial charge in [0.25, 0.3) is 0 Å².